The van der Waals surface area contributed by atoms with Gasteiger partial charge in [-0.3, -0.25) is 0 Å². The molecule has 0 aliphatic rings. The van der Waals surface area contributed by atoms with Gasteiger partial charge in [-0.2, -0.15) is 0 Å². The third-order valence-corrected chi connectivity index (χ3v) is 3.13. The molecule has 0 fully saturated rings. The maximum atomic E-state index is 12.4. The predicted molar refractivity (Wildman–Crippen MR) is 82.2 cm³/mol. The Balaban J connectivity index is 2.36. The number of hydrogen-bond donors (Lipinski definition) is 0. The minimum Gasteiger partial charge on any atom is -0.496 e. The molecule has 0 aliphatic heterocycles. The van der Waals surface area contributed by atoms with Crippen LogP contribution in [0.2, 0.25) is 0 Å². The molecule has 0 heterocycles. The van der Waals surface area contributed by atoms with E-state index < -0.39 is 5.97 Å². The second kappa shape index (κ2) is 6.85. The first kappa shape index (κ1) is 15.7. The van der Waals surface area contributed by atoms with Gasteiger partial charge in [0.05, 0.1) is 21.3 Å². The molecule has 22 heavy (non-hydrogen) atoms. The van der Waals surface area contributed by atoms with Gasteiger partial charge in [-0.1, -0.05) is 12.1 Å². The molecule has 2 aromatic rings. The molecule has 0 saturated carbocycles. The van der Waals surface area contributed by atoms with Crippen LogP contribution in [0.4, 0.5) is 0 Å². The van der Waals surface area contributed by atoms with Gasteiger partial charge in [-0.15, -0.1) is 0 Å². The highest BCUT2D eigenvalue weighted by Gasteiger charge is 2.19. The van der Waals surface area contributed by atoms with E-state index in [2.05, 4.69) is 0 Å². The Bertz CT molecular complexity index is 679. The second-order valence-electron chi connectivity index (χ2n) is 4.61. The van der Waals surface area contributed by atoms with Crippen molar-refractivity contribution < 1.29 is 23.7 Å². The molecule has 5 nitrogen and oxygen atoms in total. The lowest BCUT2D eigenvalue weighted by Crippen LogP contribution is -2.11. The smallest absolute Gasteiger partial charge is 0.347 e. The molecular weight excluding hydrogens is 284 g/mol. The lowest BCUT2D eigenvalue weighted by atomic mass is 10.1. The molecule has 2 aromatic carbocycles. The van der Waals surface area contributed by atoms with E-state index in [1.807, 2.05) is 19.1 Å². The molecule has 0 aromatic heterocycles. The Hall–Kier alpha value is -2.69. The van der Waals surface area contributed by atoms with Crippen molar-refractivity contribution >= 4 is 5.97 Å². The lowest BCUT2D eigenvalue weighted by molar-refractivity contribution is 0.0730. The normalized spacial score (nSPS) is 10.0. The van der Waals surface area contributed by atoms with E-state index in [1.54, 1.807) is 18.2 Å². The Morgan fingerprint density at radius 2 is 1.50 bits per heavy atom. The molecule has 5 heteroatoms. The highest BCUT2D eigenvalue weighted by Crippen LogP contribution is 2.35. The number of carbonyl (C=O) groups is 1. The van der Waals surface area contributed by atoms with Gasteiger partial charge in [0.2, 0.25) is 0 Å². The molecule has 0 aliphatic carbocycles. The zero-order chi connectivity index (χ0) is 16.1. The Labute approximate surface area is 129 Å². The van der Waals surface area contributed by atoms with Crippen molar-refractivity contribution in [1.29, 1.82) is 0 Å². The highest BCUT2D eigenvalue weighted by atomic mass is 16.5. The number of esters is 1. The molecule has 0 N–H and O–H groups in total. The number of aryl methyl sites for hydroxylation is 1. The average Bonchev–Trinajstić information content (AvgIpc) is 2.53. The summed E-state index contributed by atoms with van der Waals surface area (Å²) in [5, 5.41) is 0. The molecule has 0 atom stereocenters. The predicted octanol–water partition coefficient (Wildman–Crippen LogP) is 3.24. The third kappa shape index (κ3) is 3.31. The zero-order valence-electron chi connectivity index (χ0n) is 13.0. The van der Waals surface area contributed by atoms with Crippen LogP contribution in [-0.2, 0) is 0 Å². The van der Waals surface area contributed by atoms with Gasteiger partial charge in [0.25, 0.3) is 0 Å². The molecule has 0 bridgehead atoms. The van der Waals surface area contributed by atoms with Crippen molar-refractivity contribution in [3.8, 4) is 23.0 Å². The molecule has 0 saturated heterocycles. The summed E-state index contributed by atoms with van der Waals surface area (Å²) in [7, 11) is 4.49. The van der Waals surface area contributed by atoms with E-state index in [1.165, 1.54) is 27.4 Å². The van der Waals surface area contributed by atoms with Crippen LogP contribution in [0.3, 0.4) is 0 Å². The summed E-state index contributed by atoms with van der Waals surface area (Å²) in [5.74, 6) is 1.21. The Morgan fingerprint density at radius 1 is 0.864 bits per heavy atom. The van der Waals surface area contributed by atoms with Gasteiger partial charge in [-0.25, -0.2) is 4.79 Å². The first-order chi connectivity index (χ1) is 10.6. The van der Waals surface area contributed by atoms with Crippen molar-refractivity contribution in [2.24, 2.45) is 0 Å². The van der Waals surface area contributed by atoms with Crippen molar-refractivity contribution in [2.45, 2.75) is 6.92 Å². The second-order valence-corrected chi connectivity index (χ2v) is 4.61. The first-order valence-electron chi connectivity index (χ1n) is 6.68. The Kier molecular flexibility index (Phi) is 4.88. The van der Waals surface area contributed by atoms with Gasteiger partial charge in [0.15, 0.2) is 11.5 Å². The van der Waals surface area contributed by atoms with Crippen LogP contribution < -0.4 is 18.9 Å². The van der Waals surface area contributed by atoms with Crippen molar-refractivity contribution in [3.05, 3.63) is 47.5 Å². The van der Waals surface area contributed by atoms with E-state index in [4.69, 9.17) is 18.9 Å². The standard InChI is InChI=1S/C17H18O5/c1-11-6-5-7-12(8-11)22-17(18)13-9-15(20-3)16(21-4)10-14(13)19-2/h5-10H,1-4H3. The molecular formula is C17H18O5. The fraction of sp³-hybridized carbons (Fsp3) is 0.235. The monoisotopic (exact) mass is 302 g/mol. The van der Waals surface area contributed by atoms with Crippen molar-refractivity contribution in [1.82, 2.24) is 0 Å². The SMILES string of the molecule is COc1cc(OC)c(C(=O)Oc2cccc(C)c2)cc1OC. The Morgan fingerprint density at radius 3 is 2.09 bits per heavy atom. The topological polar surface area (TPSA) is 54.0 Å². The molecule has 2 rings (SSSR count). The van der Waals surface area contributed by atoms with Gasteiger partial charge in [-0.05, 0) is 24.6 Å². The van der Waals surface area contributed by atoms with Crippen LogP contribution in [-0.4, -0.2) is 27.3 Å². The average molecular weight is 302 g/mol. The zero-order valence-corrected chi connectivity index (χ0v) is 13.0. The number of rotatable bonds is 5. The first-order valence-corrected chi connectivity index (χ1v) is 6.68. The van der Waals surface area contributed by atoms with E-state index in [0.29, 0.717) is 23.0 Å². The van der Waals surface area contributed by atoms with E-state index in [9.17, 15) is 4.79 Å². The van der Waals surface area contributed by atoms with Crippen LogP contribution in [0.1, 0.15) is 15.9 Å². The highest BCUT2D eigenvalue weighted by molar-refractivity contribution is 5.95. The summed E-state index contributed by atoms with van der Waals surface area (Å²) in [6.45, 7) is 1.92. The van der Waals surface area contributed by atoms with Crippen molar-refractivity contribution in [2.75, 3.05) is 21.3 Å². The summed E-state index contributed by atoms with van der Waals surface area (Å²) in [6.07, 6.45) is 0. The van der Waals surface area contributed by atoms with E-state index in [-0.39, 0.29) is 5.56 Å². The summed E-state index contributed by atoms with van der Waals surface area (Å²) in [6, 6.07) is 10.4. The summed E-state index contributed by atoms with van der Waals surface area (Å²) in [5.41, 5.74) is 1.27. The third-order valence-electron chi connectivity index (χ3n) is 3.13. The lowest BCUT2D eigenvalue weighted by Gasteiger charge is -2.13. The number of ether oxygens (including phenoxy) is 4. The van der Waals surface area contributed by atoms with E-state index in [0.717, 1.165) is 5.56 Å². The fourth-order valence-electron chi connectivity index (χ4n) is 2.03. The van der Waals surface area contributed by atoms with Crippen molar-refractivity contribution in [3.63, 3.8) is 0 Å². The van der Waals surface area contributed by atoms with Crippen LogP contribution >= 0.6 is 0 Å². The minimum absolute atomic E-state index is 0.265. The van der Waals surface area contributed by atoms with Gasteiger partial charge in [0.1, 0.15) is 17.1 Å². The van der Waals surface area contributed by atoms with Crippen LogP contribution in [0.15, 0.2) is 36.4 Å². The number of carbonyl (C=O) groups excluding carboxylic acids is 1. The van der Waals surface area contributed by atoms with Gasteiger partial charge >= 0.3 is 5.97 Å². The van der Waals surface area contributed by atoms with Gasteiger partial charge in [0, 0.05) is 12.1 Å². The molecule has 0 radical (unpaired) electrons. The molecule has 0 unspecified atom stereocenters. The summed E-state index contributed by atoms with van der Waals surface area (Å²) < 4.78 is 21.0. The van der Waals surface area contributed by atoms with Crippen LogP contribution in [0.5, 0.6) is 23.0 Å². The molecule has 0 amide bonds. The quantitative estimate of drug-likeness (QED) is 0.627. The number of benzene rings is 2. The summed E-state index contributed by atoms with van der Waals surface area (Å²) in [4.78, 5) is 12.4. The maximum absolute atomic E-state index is 12.4. The molecule has 116 valence electrons. The fourth-order valence-corrected chi connectivity index (χ4v) is 2.03. The largest absolute Gasteiger partial charge is 0.496 e. The van der Waals surface area contributed by atoms with Crippen LogP contribution in [0.25, 0.3) is 0 Å². The number of methoxy groups -OCH3 is 3. The van der Waals surface area contributed by atoms with E-state index >= 15 is 0 Å². The maximum Gasteiger partial charge on any atom is 0.347 e. The summed E-state index contributed by atoms with van der Waals surface area (Å²) >= 11 is 0. The molecule has 0 spiro atoms. The van der Waals surface area contributed by atoms with Crippen LogP contribution in [0, 0.1) is 6.92 Å². The number of hydrogen-bond acceptors (Lipinski definition) is 5. The minimum atomic E-state index is -0.525. The van der Waals surface area contributed by atoms with Gasteiger partial charge < -0.3 is 18.9 Å².